The van der Waals surface area contributed by atoms with E-state index >= 15 is 0 Å². The Morgan fingerprint density at radius 3 is 2.40 bits per heavy atom. The van der Waals surface area contributed by atoms with Crippen molar-refractivity contribution in [1.82, 2.24) is 9.80 Å². The number of hydrogen-bond acceptors (Lipinski definition) is 4. The minimum Gasteiger partial charge on any atom is -0.409 e. The van der Waals surface area contributed by atoms with Crippen LogP contribution in [0.4, 0.5) is 0 Å². The first-order valence-electron chi connectivity index (χ1n) is 8.19. The molecule has 0 bridgehead atoms. The van der Waals surface area contributed by atoms with Crippen LogP contribution in [0.2, 0.25) is 0 Å². The number of likely N-dealkylation sites (tertiary alicyclic amines) is 2. The minimum absolute atomic E-state index is 0.356. The van der Waals surface area contributed by atoms with Crippen molar-refractivity contribution in [1.29, 1.82) is 0 Å². The van der Waals surface area contributed by atoms with Crippen molar-refractivity contribution >= 4 is 5.84 Å². The van der Waals surface area contributed by atoms with Crippen molar-refractivity contribution in [2.24, 2.45) is 16.8 Å². The second-order valence-electron chi connectivity index (χ2n) is 6.34. The third-order valence-electron chi connectivity index (χ3n) is 4.71. The summed E-state index contributed by atoms with van der Waals surface area (Å²) in [5.41, 5.74) is 5.47. The van der Waals surface area contributed by atoms with Gasteiger partial charge in [-0.15, -0.1) is 0 Å². The Morgan fingerprint density at radius 2 is 1.75 bits per heavy atom. The van der Waals surface area contributed by atoms with E-state index < -0.39 is 0 Å². The lowest BCUT2D eigenvalue weighted by Gasteiger charge is -2.33. The average molecular weight is 282 g/mol. The quantitative estimate of drug-likeness (QED) is 0.245. The lowest BCUT2D eigenvalue weighted by molar-refractivity contribution is 0.152. The lowest BCUT2D eigenvalue weighted by atomic mass is 9.96. The van der Waals surface area contributed by atoms with E-state index in [0.29, 0.717) is 12.3 Å². The molecular formula is C15H30N4O. The largest absolute Gasteiger partial charge is 0.409 e. The second-order valence-corrected chi connectivity index (χ2v) is 6.34. The zero-order valence-corrected chi connectivity index (χ0v) is 12.6. The number of oxime groups is 1. The molecule has 0 aromatic carbocycles. The van der Waals surface area contributed by atoms with Crippen LogP contribution in [-0.2, 0) is 0 Å². The zero-order chi connectivity index (χ0) is 14.2. The summed E-state index contributed by atoms with van der Waals surface area (Å²) in [7, 11) is 0. The molecular weight excluding hydrogens is 252 g/mol. The van der Waals surface area contributed by atoms with E-state index in [1.54, 1.807) is 0 Å². The number of hydrogen-bond donors (Lipinski definition) is 2. The van der Waals surface area contributed by atoms with Crippen LogP contribution in [0.3, 0.4) is 0 Å². The maximum atomic E-state index is 8.48. The van der Waals surface area contributed by atoms with Gasteiger partial charge in [0.05, 0.1) is 0 Å². The minimum atomic E-state index is 0.356. The molecule has 2 aliphatic rings. The Bertz CT molecular complexity index is 294. The summed E-state index contributed by atoms with van der Waals surface area (Å²) in [5, 5.41) is 11.5. The molecule has 2 fully saturated rings. The van der Waals surface area contributed by atoms with E-state index in [-0.39, 0.29) is 0 Å². The smallest absolute Gasteiger partial charge is 0.139 e. The van der Waals surface area contributed by atoms with E-state index in [4.69, 9.17) is 10.9 Å². The van der Waals surface area contributed by atoms with Gasteiger partial charge in [0.25, 0.3) is 0 Å². The molecule has 0 aromatic rings. The van der Waals surface area contributed by atoms with Crippen LogP contribution in [0, 0.1) is 5.92 Å². The monoisotopic (exact) mass is 282 g/mol. The molecule has 5 nitrogen and oxygen atoms in total. The first kappa shape index (κ1) is 15.6. The lowest BCUT2D eigenvalue weighted by Crippen LogP contribution is -2.38. The molecule has 0 saturated carbocycles. The molecule has 0 aromatic heterocycles. The second kappa shape index (κ2) is 8.47. The van der Waals surface area contributed by atoms with Crippen molar-refractivity contribution in [3.63, 3.8) is 0 Å². The summed E-state index contributed by atoms with van der Waals surface area (Å²) in [4.78, 5) is 5.23. The first-order chi connectivity index (χ1) is 9.78. The van der Waals surface area contributed by atoms with Crippen LogP contribution in [0.5, 0.6) is 0 Å². The molecule has 0 unspecified atom stereocenters. The van der Waals surface area contributed by atoms with Gasteiger partial charge < -0.3 is 20.7 Å². The summed E-state index contributed by atoms with van der Waals surface area (Å²) in [6.07, 6.45) is 8.39. The highest BCUT2D eigenvalue weighted by atomic mass is 16.4. The molecule has 0 spiro atoms. The fourth-order valence-corrected chi connectivity index (χ4v) is 3.41. The molecule has 2 rings (SSSR count). The van der Waals surface area contributed by atoms with Gasteiger partial charge in [-0.05, 0) is 77.2 Å². The Morgan fingerprint density at radius 1 is 1.05 bits per heavy atom. The number of piperidine rings is 1. The topological polar surface area (TPSA) is 65.1 Å². The Balaban J connectivity index is 1.52. The van der Waals surface area contributed by atoms with Gasteiger partial charge in [-0.2, -0.15) is 0 Å². The molecule has 116 valence electrons. The van der Waals surface area contributed by atoms with E-state index in [2.05, 4.69) is 15.0 Å². The van der Waals surface area contributed by atoms with Gasteiger partial charge >= 0.3 is 0 Å². The first-order valence-corrected chi connectivity index (χ1v) is 8.19. The average Bonchev–Trinajstić information content (AvgIpc) is 2.98. The predicted octanol–water partition coefficient (Wildman–Crippen LogP) is 1.71. The molecule has 0 radical (unpaired) electrons. The number of amidine groups is 1. The molecule has 0 aliphatic carbocycles. The molecule has 5 heteroatoms. The molecule has 0 atom stereocenters. The van der Waals surface area contributed by atoms with E-state index in [1.165, 1.54) is 58.4 Å². The Labute approximate surface area is 122 Å². The highest BCUT2D eigenvalue weighted by molar-refractivity contribution is 5.79. The number of unbranched alkanes of at least 4 members (excludes halogenated alkanes) is 1. The van der Waals surface area contributed by atoms with Crippen LogP contribution in [-0.4, -0.2) is 60.1 Å². The fourth-order valence-electron chi connectivity index (χ4n) is 3.41. The van der Waals surface area contributed by atoms with Crippen molar-refractivity contribution in [2.75, 3.05) is 39.3 Å². The maximum absolute atomic E-state index is 8.48. The highest BCUT2D eigenvalue weighted by Gasteiger charge is 2.22. The van der Waals surface area contributed by atoms with Gasteiger partial charge in [-0.3, -0.25) is 0 Å². The molecule has 0 amide bonds. The van der Waals surface area contributed by atoms with Crippen LogP contribution >= 0.6 is 0 Å². The third kappa shape index (κ3) is 5.29. The normalized spacial score (nSPS) is 23.5. The molecule has 3 N–H and O–H groups in total. The van der Waals surface area contributed by atoms with Crippen molar-refractivity contribution in [3.05, 3.63) is 0 Å². The predicted molar refractivity (Wildman–Crippen MR) is 82.1 cm³/mol. The molecule has 2 heterocycles. The SMILES string of the molecule is NC(CCCCN1CCC(CN2CCCC2)CC1)=NO. The number of rotatable bonds is 7. The van der Waals surface area contributed by atoms with Gasteiger partial charge in [-0.1, -0.05) is 5.16 Å². The fraction of sp³-hybridized carbons (Fsp3) is 0.933. The summed E-state index contributed by atoms with van der Waals surface area (Å²) < 4.78 is 0. The Kier molecular flexibility index (Phi) is 6.60. The van der Waals surface area contributed by atoms with E-state index in [1.807, 2.05) is 0 Å². The van der Waals surface area contributed by atoms with Crippen molar-refractivity contribution in [3.8, 4) is 0 Å². The van der Waals surface area contributed by atoms with Crippen molar-refractivity contribution in [2.45, 2.75) is 44.9 Å². The molecule has 2 aliphatic heterocycles. The molecule has 2 saturated heterocycles. The van der Waals surface area contributed by atoms with Gasteiger partial charge in [0.15, 0.2) is 0 Å². The summed E-state index contributed by atoms with van der Waals surface area (Å²) in [6.45, 7) is 7.65. The third-order valence-corrected chi connectivity index (χ3v) is 4.71. The summed E-state index contributed by atoms with van der Waals surface area (Å²) >= 11 is 0. The van der Waals surface area contributed by atoms with Crippen molar-refractivity contribution < 1.29 is 5.21 Å². The Hall–Kier alpha value is -0.810. The summed E-state index contributed by atoms with van der Waals surface area (Å²) in [5.74, 6) is 1.27. The number of nitrogens with zero attached hydrogens (tertiary/aromatic N) is 3. The maximum Gasteiger partial charge on any atom is 0.139 e. The van der Waals surface area contributed by atoms with E-state index in [9.17, 15) is 0 Å². The van der Waals surface area contributed by atoms with Crippen LogP contribution in [0.15, 0.2) is 5.16 Å². The summed E-state index contributed by atoms with van der Waals surface area (Å²) in [6, 6.07) is 0. The van der Waals surface area contributed by atoms with E-state index in [0.717, 1.165) is 25.3 Å². The van der Waals surface area contributed by atoms with Gasteiger partial charge in [0, 0.05) is 13.0 Å². The van der Waals surface area contributed by atoms with Crippen LogP contribution in [0.1, 0.15) is 44.9 Å². The highest BCUT2D eigenvalue weighted by Crippen LogP contribution is 2.20. The number of nitrogens with two attached hydrogens (primary N) is 1. The van der Waals surface area contributed by atoms with Gasteiger partial charge in [0.2, 0.25) is 0 Å². The van der Waals surface area contributed by atoms with Gasteiger partial charge in [-0.25, -0.2) is 0 Å². The standard InChI is InChI=1S/C15H30N4O/c16-15(17-20)5-1-2-8-18-11-6-14(7-12-18)13-19-9-3-4-10-19/h14,20H,1-13H2,(H2,16,17). The van der Waals surface area contributed by atoms with Crippen LogP contribution in [0.25, 0.3) is 0 Å². The van der Waals surface area contributed by atoms with Crippen LogP contribution < -0.4 is 5.73 Å². The molecule has 20 heavy (non-hydrogen) atoms. The van der Waals surface area contributed by atoms with Gasteiger partial charge in [0.1, 0.15) is 5.84 Å². The zero-order valence-electron chi connectivity index (χ0n) is 12.6.